The zero-order valence-electron chi connectivity index (χ0n) is 12.9. The molecule has 2 aromatic carbocycles. The van der Waals surface area contributed by atoms with E-state index in [2.05, 4.69) is 0 Å². The van der Waals surface area contributed by atoms with Crippen molar-refractivity contribution in [2.24, 2.45) is 11.5 Å². The maximum absolute atomic E-state index is 11.5. The molecule has 122 valence electrons. The fourth-order valence-corrected chi connectivity index (χ4v) is 2.19. The van der Waals surface area contributed by atoms with E-state index in [1.807, 2.05) is 36.4 Å². The lowest BCUT2D eigenvalue weighted by Gasteiger charge is -2.16. The molecule has 6 heteroatoms. The number of nitrogens with two attached hydrogens (primary N) is 2. The first-order chi connectivity index (χ1) is 10.5. The van der Waals surface area contributed by atoms with Gasteiger partial charge in [-0.1, -0.05) is 30.3 Å². The number of carbonyl (C=O) groups is 2. The first-order valence-electron chi connectivity index (χ1n) is 6.94. The summed E-state index contributed by atoms with van der Waals surface area (Å²) in [6, 6.07) is 15.0. The minimum absolute atomic E-state index is 0. The molecule has 0 saturated carbocycles. The van der Waals surface area contributed by atoms with Crippen molar-refractivity contribution in [2.75, 3.05) is 13.6 Å². The molecule has 2 amide bonds. The molecule has 4 N–H and O–H groups in total. The van der Waals surface area contributed by atoms with Gasteiger partial charge in [-0.05, 0) is 34.9 Å². The van der Waals surface area contributed by atoms with E-state index in [4.69, 9.17) is 11.5 Å². The van der Waals surface area contributed by atoms with Crippen molar-refractivity contribution in [3.8, 4) is 11.1 Å². The highest BCUT2D eigenvalue weighted by Crippen LogP contribution is 2.21. The molecule has 5 nitrogen and oxygen atoms in total. The highest BCUT2D eigenvalue weighted by molar-refractivity contribution is 5.93. The van der Waals surface area contributed by atoms with E-state index in [1.54, 1.807) is 24.1 Å². The van der Waals surface area contributed by atoms with Crippen LogP contribution in [0.25, 0.3) is 11.1 Å². The first-order valence-corrected chi connectivity index (χ1v) is 6.94. The largest absolute Gasteiger partial charge is 0.366 e. The van der Waals surface area contributed by atoms with Crippen LogP contribution < -0.4 is 11.5 Å². The van der Waals surface area contributed by atoms with E-state index in [1.165, 1.54) is 0 Å². The highest BCUT2D eigenvalue weighted by Gasteiger charge is 2.08. The Morgan fingerprint density at radius 2 is 1.70 bits per heavy atom. The molecule has 0 aliphatic rings. The van der Waals surface area contributed by atoms with Gasteiger partial charge in [-0.3, -0.25) is 9.59 Å². The third-order valence-electron chi connectivity index (χ3n) is 3.45. The van der Waals surface area contributed by atoms with Gasteiger partial charge < -0.3 is 16.4 Å². The van der Waals surface area contributed by atoms with E-state index in [0.29, 0.717) is 12.1 Å². The van der Waals surface area contributed by atoms with Gasteiger partial charge in [0.15, 0.2) is 0 Å². The number of nitrogens with zero attached hydrogens (tertiary/aromatic N) is 1. The Hall–Kier alpha value is -2.37. The summed E-state index contributed by atoms with van der Waals surface area (Å²) < 4.78 is 0. The number of hydrogen-bond acceptors (Lipinski definition) is 3. The van der Waals surface area contributed by atoms with Crippen LogP contribution in [0, 0.1) is 0 Å². The molecule has 0 aromatic heterocycles. The average molecular weight is 334 g/mol. The quantitative estimate of drug-likeness (QED) is 0.874. The molecule has 0 spiro atoms. The first kappa shape index (κ1) is 18.7. The van der Waals surface area contributed by atoms with Crippen molar-refractivity contribution < 1.29 is 9.59 Å². The van der Waals surface area contributed by atoms with Gasteiger partial charge in [-0.2, -0.15) is 0 Å². The van der Waals surface area contributed by atoms with Gasteiger partial charge in [-0.25, -0.2) is 0 Å². The second-order valence-corrected chi connectivity index (χ2v) is 5.10. The molecule has 2 aromatic rings. The molecule has 0 heterocycles. The summed E-state index contributed by atoms with van der Waals surface area (Å²) in [6.07, 6.45) is 0. The summed E-state index contributed by atoms with van der Waals surface area (Å²) in [6.45, 7) is 0.508. The van der Waals surface area contributed by atoms with Crippen LogP contribution in [0.2, 0.25) is 0 Å². The Kier molecular flexibility index (Phi) is 6.75. The molecular weight excluding hydrogens is 314 g/mol. The molecule has 0 saturated heterocycles. The number of hydrogen-bond donors (Lipinski definition) is 2. The molecule has 0 aliphatic heterocycles. The molecule has 0 fully saturated rings. The standard InChI is InChI=1S/C17H19N3O2.ClH/c1-20(16(21)10-18)11-12-3-2-4-15(9-12)13-5-7-14(8-6-13)17(19)22;/h2-9H,10-11,18H2,1H3,(H2,19,22);1H. The molecule has 0 unspecified atom stereocenters. The van der Waals surface area contributed by atoms with Crippen molar-refractivity contribution >= 4 is 24.2 Å². The lowest BCUT2D eigenvalue weighted by atomic mass is 10.0. The number of primary amides is 1. The Labute approximate surface area is 141 Å². The lowest BCUT2D eigenvalue weighted by molar-refractivity contribution is -0.128. The number of carbonyl (C=O) groups excluding carboxylic acids is 2. The molecule has 0 aliphatic carbocycles. The molecule has 0 radical (unpaired) electrons. The third-order valence-corrected chi connectivity index (χ3v) is 3.45. The van der Waals surface area contributed by atoms with Gasteiger partial charge >= 0.3 is 0 Å². The maximum atomic E-state index is 11.5. The van der Waals surface area contributed by atoms with E-state index >= 15 is 0 Å². The van der Waals surface area contributed by atoms with Gasteiger partial charge in [0.1, 0.15) is 0 Å². The summed E-state index contributed by atoms with van der Waals surface area (Å²) in [5, 5.41) is 0. The molecule has 23 heavy (non-hydrogen) atoms. The van der Waals surface area contributed by atoms with Crippen molar-refractivity contribution in [1.82, 2.24) is 4.90 Å². The van der Waals surface area contributed by atoms with E-state index < -0.39 is 5.91 Å². The summed E-state index contributed by atoms with van der Waals surface area (Å²) >= 11 is 0. The van der Waals surface area contributed by atoms with Crippen molar-refractivity contribution in [3.05, 3.63) is 59.7 Å². The van der Waals surface area contributed by atoms with Gasteiger partial charge in [0, 0.05) is 19.2 Å². The fraction of sp³-hybridized carbons (Fsp3) is 0.176. The summed E-state index contributed by atoms with van der Waals surface area (Å²) in [4.78, 5) is 24.2. The van der Waals surface area contributed by atoms with Crippen molar-refractivity contribution in [3.63, 3.8) is 0 Å². The third kappa shape index (κ3) is 4.81. The van der Waals surface area contributed by atoms with Gasteiger partial charge in [0.2, 0.25) is 11.8 Å². The summed E-state index contributed by atoms with van der Waals surface area (Å²) in [5.74, 6) is -0.543. The van der Waals surface area contributed by atoms with Gasteiger partial charge in [-0.15, -0.1) is 12.4 Å². The zero-order valence-corrected chi connectivity index (χ0v) is 13.7. The monoisotopic (exact) mass is 333 g/mol. The Morgan fingerprint density at radius 1 is 1.04 bits per heavy atom. The number of halogens is 1. The van der Waals surface area contributed by atoms with Crippen LogP contribution in [-0.2, 0) is 11.3 Å². The van der Waals surface area contributed by atoms with Crippen molar-refractivity contribution in [1.29, 1.82) is 0 Å². The van der Waals surface area contributed by atoms with Crippen LogP contribution in [-0.4, -0.2) is 30.3 Å². The van der Waals surface area contributed by atoms with E-state index in [9.17, 15) is 9.59 Å². The second kappa shape index (κ2) is 8.31. The smallest absolute Gasteiger partial charge is 0.248 e. The van der Waals surface area contributed by atoms with Crippen LogP contribution in [0.4, 0.5) is 0 Å². The number of likely N-dealkylation sites (N-methyl/N-ethyl adjacent to an activating group) is 1. The molecule has 0 atom stereocenters. The minimum atomic E-state index is -0.442. The Balaban J connectivity index is 0.00000264. The summed E-state index contributed by atoms with van der Waals surface area (Å²) in [7, 11) is 1.73. The zero-order chi connectivity index (χ0) is 16.1. The van der Waals surface area contributed by atoms with E-state index in [-0.39, 0.29) is 24.9 Å². The number of rotatable bonds is 5. The topological polar surface area (TPSA) is 89.4 Å². The van der Waals surface area contributed by atoms with Crippen LogP contribution in [0.15, 0.2) is 48.5 Å². The van der Waals surface area contributed by atoms with Crippen LogP contribution in [0.1, 0.15) is 15.9 Å². The number of amides is 2. The normalized spacial score (nSPS) is 9.83. The predicted molar refractivity (Wildman–Crippen MR) is 93.2 cm³/mol. The van der Waals surface area contributed by atoms with E-state index in [0.717, 1.165) is 16.7 Å². The Morgan fingerprint density at radius 3 is 2.26 bits per heavy atom. The van der Waals surface area contributed by atoms with Crippen LogP contribution in [0.3, 0.4) is 0 Å². The van der Waals surface area contributed by atoms with Crippen LogP contribution in [0.5, 0.6) is 0 Å². The molecule has 2 rings (SSSR count). The maximum Gasteiger partial charge on any atom is 0.248 e. The fourth-order valence-electron chi connectivity index (χ4n) is 2.19. The highest BCUT2D eigenvalue weighted by atomic mass is 35.5. The van der Waals surface area contributed by atoms with Gasteiger partial charge in [0.25, 0.3) is 0 Å². The van der Waals surface area contributed by atoms with Crippen molar-refractivity contribution in [2.45, 2.75) is 6.54 Å². The minimum Gasteiger partial charge on any atom is -0.366 e. The molecular formula is C17H20ClN3O2. The second-order valence-electron chi connectivity index (χ2n) is 5.10. The summed E-state index contributed by atoms with van der Waals surface area (Å²) in [5.41, 5.74) is 14.1. The lowest BCUT2D eigenvalue weighted by Crippen LogP contribution is -2.32. The Bertz CT molecular complexity index is 686. The van der Waals surface area contributed by atoms with Gasteiger partial charge in [0.05, 0.1) is 6.54 Å². The average Bonchev–Trinajstić information content (AvgIpc) is 2.54. The number of benzene rings is 2. The SMILES string of the molecule is CN(Cc1cccc(-c2ccc(C(N)=O)cc2)c1)C(=O)CN.Cl. The van der Waals surface area contributed by atoms with Crippen LogP contribution >= 0.6 is 12.4 Å². The predicted octanol–water partition coefficient (Wildman–Crippen LogP) is 1.79. The molecule has 0 bridgehead atoms.